The molecule has 3 atom stereocenters. The van der Waals surface area contributed by atoms with Crippen LogP contribution in [0.5, 0.6) is 0 Å². The molecule has 0 saturated carbocycles. The van der Waals surface area contributed by atoms with Gasteiger partial charge in [0.15, 0.2) is 11.4 Å². The summed E-state index contributed by atoms with van der Waals surface area (Å²) in [4.78, 5) is 0. The molecule has 3 rings (SSSR count). The van der Waals surface area contributed by atoms with Gasteiger partial charge in [-0.3, -0.25) is 5.84 Å². The van der Waals surface area contributed by atoms with Crippen LogP contribution in [0.1, 0.15) is 25.1 Å². The summed E-state index contributed by atoms with van der Waals surface area (Å²) in [5, 5.41) is 0.752. The van der Waals surface area contributed by atoms with Crippen LogP contribution in [0.4, 0.5) is 4.39 Å². The first-order valence-corrected chi connectivity index (χ1v) is 6.46. The van der Waals surface area contributed by atoms with Gasteiger partial charge in [-0.2, -0.15) is 0 Å². The summed E-state index contributed by atoms with van der Waals surface area (Å²) in [6.07, 6.45) is 1.02. The Kier molecular flexibility index (Phi) is 3.26. The van der Waals surface area contributed by atoms with Crippen molar-refractivity contribution in [2.24, 2.45) is 11.8 Å². The van der Waals surface area contributed by atoms with Gasteiger partial charge in [-0.15, -0.1) is 0 Å². The number of hydrogen-bond acceptors (Lipinski definition) is 4. The van der Waals surface area contributed by atoms with E-state index in [9.17, 15) is 4.39 Å². The van der Waals surface area contributed by atoms with Crippen LogP contribution in [-0.4, -0.2) is 12.7 Å². The highest BCUT2D eigenvalue weighted by Crippen LogP contribution is 2.35. The maximum atomic E-state index is 13.7. The van der Waals surface area contributed by atoms with Crippen molar-refractivity contribution in [2.75, 3.05) is 6.61 Å². The van der Waals surface area contributed by atoms with Crippen molar-refractivity contribution < 1.29 is 13.5 Å². The first-order valence-electron chi connectivity index (χ1n) is 6.46. The normalized spacial score (nSPS) is 25.0. The highest BCUT2D eigenvalue weighted by Gasteiger charge is 2.34. The number of furan rings is 1. The van der Waals surface area contributed by atoms with Gasteiger partial charge in [0.05, 0.1) is 12.1 Å². The summed E-state index contributed by atoms with van der Waals surface area (Å²) in [6, 6.07) is 6.57. The second-order valence-electron chi connectivity index (χ2n) is 4.98. The number of benzene rings is 1. The number of para-hydroxylation sites is 1. The third-order valence-electron chi connectivity index (χ3n) is 3.86. The molecule has 0 bridgehead atoms. The zero-order chi connectivity index (χ0) is 13.4. The third-order valence-corrected chi connectivity index (χ3v) is 3.86. The Morgan fingerprint density at radius 2 is 2.32 bits per heavy atom. The monoisotopic (exact) mass is 264 g/mol. The van der Waals surface area contributed by atoms with Crippen molar-refractivity contribution >= 4 is 11.0 Å². The SMILES string of the molecule is CC1OCCC1C(NN)c1cc2cccc(F)c2o1. The van der Waals surface area contributed by atoms with Crippen molar-refractivity contribution in [3.8, 4) is 0 Å². The molecule has 1 aliphatic rings. The van der Waals surface area contributed by atoms with Gasteiger partial charge in [0.2, 0.25) is 0 Å². The number of halogens is 1. The molecule has 0 spiro atoms. The standard InChI is InChI=1S/C14H17FN2O2/c1-8-10(5-6-18-8)13(17-16)12-7-9-3-2-4-11(15)14(9)19-12/h2-4,7-8,10,13,17H,5-6,16H2,1H3. The molecule has 4 nitrogen and oxygen atoms in total. The summed E-state index contributed by atoms with van der Waals surface area (Å²) in [7, 11) is 0. The molecule has 1 fully saturated rings. The molecule has 1 aromatic heterocycles. The molecule has 2 heterocycles. The van der Waals surface area contributed by atoms with Crippen LogP contribution in [0.15, 0.2) is 28.7 Å². The number of fused-ring (bicyclic) bond motifs is 1. The van der Waals surface area contributed by atoms with Gasteiger partial charge in [0, 0.05) is 17.9 Å². The Hall–Kier alpha value is -1.43. The number of ether oxygens (including phenoxy) is 1. The molecule has 1 aliphatic heterocycles. The summed E-state index contributed by atoms with van der Waals surface area (Å²) < 4.78 is 24.8. The maximum absolute atomic E-state index is 13.7. The van der Waals surface area contributed by atoms with E-state index in [1.54, 1.807) is 6.07 Å². The fourth-order valence-electron chi connectivity index (χ4n) is 2.80. The van der Waals surface area contributed by atoms with E-state index in [-0.39, 0.29) is 29.5 Å². The minimum Gasteiger partial charge on any atom is -0.456 e. The molecule has 0 amide bonds. The van der Waals surface area contributed by atoms with Gasteiger partial charge in [-0.05, 0) is 25.5 Å². The lowest BCUT2D eigenvalue weighted by atomic mass is 9.92. The van der Waals surface area contributed by atoms with Crippen LogP contribution in [0.25, 0.3) is 11.0 Å². The third kappa shape index (κ3) is 2.14. The topological polar surface area (TPSA) is 60.4 Å². The number of nitrogens with two attached hydrogens (primary N) is 1. The van der Waals surface area contributed by atoms with Gasteiger partial charge in [-0.1, -0.05) is 12.1 Å². The molecule has 19 heavy (non-hydrogen) atoms. The van der Waals surface area contributed by atoms with Crippen molar-refractivity contribution in [1.29, 1.82) is 0 Å². The number of hydrogen-bond donors (Lipinski definition) is 2. The molecule has 5 heteroatoms. The van der Waals surface area contributed by atoms with Crippen molar-refractivity contribution in [2.45, 2.75) is 25.5 Å². The van der Waals surface area contributed by atoms with E-state index < -0.39 is 0 Å². The average molecular weight is 264 g/mol. The Balaban J connectivity index is 1.99. The lowest BCUT2D eigenvalue weighted by Gasteiger charge is -2.23. The van der Waals surface area contributed by atoms with E-state index in [0.29, 0.717) is 5.76 Å². The summed E-state index contributed by atoms with van der Waals surface area (Å²) in [5.74, 6) is 6.18. The first kappa shape index (κ1) is 12.6. The zero-order valence-electron chi connectivity index (χ0n) is 10.7. The van der Waals surface area contributed by atoms with E-state index in [4.69, 9.17) is 15.0 Å². The highest BCUT2D eigenvalue weighted by atomic mass is 19.1. The first-order chi connectivity index (χ1) is 9.20. The van der Waals surface area contributed by atoms with E-state index >= 15 is 0 Å². The lowest BCUT2D eigenvalue weighted by Crippen LogP contribution is -2.36. The number of nitrogens with one attached hydrogen (secondary N) is 1. The molecule has 0 aliphatic carbocycles. The molecule has 0 radical (unpaired) electrons. The molecule has 3 unspecified atom stereocenters. The van der Waals surface area contributed by atoms with Crippen molar-refractivity contribution in [1.82, 2.24) is 5.43 Å². The van der Waals surface area contributed by atoms with Crippen LogP contribution in [0.3, 0.4) is 0 Å². The minimum atomic E-state index is -0.352. The molecule has 3 N–H and O–H groups in total. The van der Waals surface area contributed by atoms with E-state index in [1.165, 1.54) is 6.07 Å². The van der Waals surface area contributed by atoms with Crippen LogP contribution < -0.4 is 11.3 Å². The molecule has 1 saturated heterocycles. The Morgan fingerprint density at radius 3 is 2.95 bits per heavy atom. The number of hydrazine groups is 1. The minimum absolute atomic E-state index is 0.110. The smallest absolute Gasteiger partial charge is 0.169 e. The fraction of sp³-hybridized carbons (Fsp3) is 0.429. The number of rotatable bonds is 3. The molecule has 1 aromatic carbocycles. The van der Waals surface area contributed by atoms with Gasteiger partial charge in [-0.25, -0.2) is 9.82 Å². The average Bonchev–Trinajstić information content (AvgIpc) is 2.99. The molecular weight excluding hydrogens is 247 g/mol. The molecular formula is C14H17FN2O2. The van der Waals surface area contributed by atoms with E-state index in [0.717, 1.165) is 18.4 Å². The Bertz CT molecular complexity index is 584. The van der Waals surface area contributed by atoms with E-state index in [2.05, 4.69) is 5.43 Å². The largest absolute Gasteiger partial charge is 0.456 e. The summed E-state index contributed by atoms with van der Waals surface area (Å²) in [5.41, 5.74) is 3.06. The fourth-order valence-corrected chi connectivity index (χ4v) is 2.80. The van der Waals surface area contributed by atoms with Crippen LogP contribution in [0.2, 0.25) is 0 Å². The Labute approximate surface area is 110 Å². The highest BCUT2D eigenvalue weighted by molar-refractivity contribution is 5.78. The molecule has 102 valence electrons. The van der Waals surface area contributed by atoms with Crippen molar-refractivity contribution in [3.05, 3.63) is 35.8 Å². The van der Waals surface area contributed by atoms with Crippen LogP contribution >= 0.6 is 0 Å². The van der Waals surface area contributed by atoms with E-state index in [1.807, 2.05) is 19.1 Å². The molecule has 2 aromatic rings. The van der Waals surface area contributed by atoms with Gasteiger partial charge >= 0.3 is 0 Å². The van der Waals surface area contributed by atoms with Gasteiger partial charge < -0.3 is 9.15 Å². The summed E-state index contributed by atoms with van der Waals surface area (Å²) >= 11 is 0. The second-order valence-corrected chi connectivity index (χ2v) is 4.98. The Morgan fingerprint density at radius 1 is 1.47 bits per heavy atom. The lowest BCUT2D eigenvalue weighted by molar-refractivity contribution is 0.0927. The van der Waals surface area contributed by atoms with Gasteiger partial charge in [0.1, 0.15) is 5.76 Å². The van der Waals surface area contributed by atoms with Crippen molar-refractivity contribution in [3.63, 3.8) is 0 Å². The zero-order valence-corrected chi connectivity index (χ0v) is 10.7. The van der Waals surface area contributed by atoms with Crippen LogP contribution in [-0.2, 0) is 4.74 Å². The van der Waals surface area contributed by atoms with Crippen LogP contribution in [0, 0.1) is 11.7 Å². The maximum Gasteiger partial charge on any atom is 0.169 e. The predicted octanol–water partition coefficient (Wildman–Crippen LogP) is 2.50. The predicted molar refractivity (Wildman–Crippen MR) is 69.8 cm³/mol. The summed E-state index contributed by atoms with van der Waals surface area (Å²) in [6.45, 7) is 2.74. The quantitative estimate of drug-likeness (QED) is 0.660. The second kappa shape index (κ2) is 4.92. The van der Waals surface area contributed by atoms with Gasteiger partial charge in [0.25, 0.3) is 0 Å².